The predicted molar refractivity (Wildman–Crippen MR) is 90.7 cm³/mol. The van der Waals surface area contributed by atoms with Gasteiger partial charge in [-0.1, -0.05) is 42.1 Å². The van der Waals surface area contributed by atoms with Crippen LogP contribution in [0.2, 0.25) is 0 Å². The molecule has 2 amide bonds. The monoisotopic (exact) mass is 366 g/mol. The summed E-state index contributed by atoms with van der Waals surface area (Å²) in [4.78, 5) is 23.4. The van der Waals surface area contributed by atoms with Crippen molar-refractivity contribution in [3.8, 4) is 0 Å². The lowest BCUT2D eigenvalue weighted by Crippen LogP contribution is -2.47. The van der Waals surface area contributed by atoms with Gasteiger partial charge in [0.05, 0.1) is 6.54 Å². The summed E-state index contributed by atoms with van der Waals surface area (Å²) >= 11 is 3.31. The SMILES string of the molecule is C1CC1.CC1CC(NC(=O)CNC(=O)c2ccc(Br)cc2)C1. The molecule has 2 aliphatic rings. The molecule has 2 N–H and O–H groups in total. The molecule has 5 heteroatoms. The van der Waals surface area contributed by atoms with Gasteiger partial charge in [0, 0.05) is 16.1 Å². The van der Waals surface area contributed by atoms with Crippen LogP contribution in [0.15, 0.2) is 28.7 Å². The Hall–Kier alpha value is -1.36. The molecule has 1 aromatic carbocycles. The molecular formula is C17H23BrN2O2. The van der Waals surface area contributed by atoms with Crippen LogP contribution in [0.5, 0.6) is 0 Å². The quantitative estimate of drug-likeness (QED) is 0.858. The van der Waals surface area contributed by atoms with Crippen LogP contribution in [0.25, 0.3) is 0 Å². The van der Waals surface area contributed by atoms with Crippen LogP contribution in [0, 0.1) is 5.92 Å². The average molecular weight is 367 g/mol. The van der Waals surface area contributed by atoms with E-state index in [0.29, 0.717) is 11.5 Å². The highest BCUT2D eigenvalue weighted by Gasteiger charge is 2.26. The summed E-state index contributed by atoms with van der Waals surface area (Å²) in [6.45, 7) is 2.19. The molecule has 0 unspecified atom stereocenters. The zero-order valence-corrected chi connectivity index (χ0v) is 14.5. The van der Waals surface area contributed by atoms with Gasteiger partial charge in [-0.25, -0.2) is 0 Å². The number of nitrogens with one attached hydrogen (secondary N) is 2. The highest BCUT2D eigenvalue weighted by Crippen LogP contribution is 2.25. The molecular weight excluding hydrogens is 344 g/mol. The second-order valence-corrected chi connectivity index (χ2v) is 7.01. The van der Waals surface area contributed by atoms with Gasteiger partial charge in [-0.2, -0.15) is 0 Å². The minimum absolute atomic E-state index is 0.0276. The van der Waals surface area contributed by atoms with Crippen LogP contribution in [0.1, 0.15) is 49.4 Å². The van der Waals surface area contributed by atoms with Crippen LogP contribution >= 0.6 is 15.9 Å². The average Bonchev–Trinajstić information content (AvgIpc) is 3.32. The lowest BCUT2D eigenvalue weighted by atomic mass is 9.82. The molecule has 0 aliphatic heterocycles. The third-order valence-corrected chi connectivity index (χ3v) is 4.14. The van der Waals surface area contributed by atoms with E-state index in [2.05, 4.69) is 33.5 Å². The zero-order chi connectivity index (χ0) is 15.9. The molecule has 0 aromatic heterocycles. The van der Waals surface area contributed by atoms with Crippen molar-refractivity contribution in [3.05, 3.63) is 34.3 Å². The summed E-state index contributed by atoms with van der Waals surface area (Å²) < 4.78 is 0.917. The Morgan fingerprint density at radius 3 is 2.23 bits per heavy atom. The van der Waals surface area contributed by atoms with Gasteiger partial charge in [0.15, 0.2) is 0 Å². The largest absolute Gasteiger partial charge is 0.352 e. The van der Waals surface area contributed by atoms with E-state index in [9.17, 15) is 9.59 Å². The molecule has 3 rings (SSSR count). The van der Waals surface area contributed by atoms with Gasteiger partial charge >= 0.3 is 0 Å². The standard InChI is InChI=1S/C14H17BrN2O2.C3H6/c1-9-6-12(7-9)17-13(18)8-16-14(19)10-2-4-11(15)5-3-10;1-2-3-1/h2-5,9,12H,6-8H2,1H3,(H,16,19)(H,17,18);1-3H2. The van der Waals surface area contributed by atoms with Gasteiger partial charge in [-0.05, 0) is 43.0 Å². The van der Waals surface area contributed by atoms with Crippen LogP contribution in [-0.4, -0.2) is 24.4 Å². The topological polar surface area (TPSA) is 58.2 Å². The number of halogens is 1. The first kappa shape index (κ1) is 17.0. The lowest BCUT2D eigenvalue weighted by molar-refractivity contribution is -0.121. The number of benzene rings is 1. The Morgan fingerprint density at radius 1 is 1.14 bits per heavy atom. The summed E-state index contributed by atoms with van der Waals surface area (Å²) in [5.41, 5.74) is 0.549. The van der Waals surface area contributed by atoms with E-state index in [1.807, 2.05) is 0 Å². The van der Waals surface area contributed by atoms with Crippen LogP contribution in [-0.2, 0) is 4.79 Å². The highest BCUT2D eigenvalue weighted by molar-refractivity contribution is 9.10. The third-order valence-electron chi connectivity index (χ3n) is 3.61. The van der Waals surface area contributed by atoms with Gasteiger partial charge in [-0.3, -0.25) is 9.59 Å². The summed E-state index contributed by atoms with van der Waals surface area (Å²) in [6.07, 6.45) is 6.57. The van der Waals surface area contributed by atoms with Crippen LogP contribution in [0.3, 0.4) is 0 Å². The van der Waals surface area contributed by atoms with E-state index >= 15 is 0 Å². The van der Waals surface area contributed by atoms with Crippen LogP contribution in [0.4, 0.5) is 0 Å². The van der Waals surface area contributed by atoms with E-state index in [1.165, 1.54) is 19.3 Å². The second-order valence-electron chi connectivity index (χ2n) is 6.09. The Balaban J connectivity index is 0.000000523. The van der Waals surface area contributed by atoms with E-state index in [-0.39, 0.29) is 24.4 Å². The van der Waals surface area contributed by atoms with Crippen molar-refractivity contribution in [2.45, 2.75) is 45.1 Å². The number of amides is 2. The number of hydrogen-bond donors (Lipinski definition) is 2. The third kappa shape index (κ3) is 6.18. The number of carbonyl (C=O) groups is 2. The maximum atomic E-state index is 11.8. The van der Waals surface area contributed by atoms with Crippen LogP contribution < -0.4 is 10.6 Å². The van der Waals surface area contributed by atoms with Gasteiger partial charge in [0.25, 0.3) is 5.91 Å². The molecule has 22 heavy (non-hydrogen) atoms. The molecule has 0 saturated heterocycles. The van der Waals surface area contributed by atoms with Gasteiger partial charge in [0.1, 0.15) is 0 Å². The fourth-order valence-electron chi connectivity index (χ4n) is 2.16. The first-order valence-electron chi connectivity index (χ1n) is 7.87. The normalized spacial score (nSPS) is 21.7. The molecule has 1 aromatic rings. The minimum Gasteiger partial charge on any atom is -0.352 e. The van der Waals surface area contributed by atoms with Crippen molar-refractivity contribution in [2.75, 3.05) is 6.54 Å². The fourth-order valence-corrected chi connectivity index (χ4v) is 2.43. The molecule has 0 atom stereocenters. The van der Waals surface area contributed by atoms with E-state index in [1.54, 1.807) is 24.3 Å². The fraction of sp³-hybridized carbons (Fsp3) is 0.529. The van der Waals surface area contributed by atoms with E-state index in [4.69, 9.17) is 0 Å². The van der Waals surface area contributed by atoms with Crippen molar-refractivity contribution in [2.24, 2.45) is 5.92 Å². The molecule has 2 aliphatic carbocycles. The Morgan fingerprint density at radius 2 is 1.73 bits per heavy atom. The number of rotatable bonds is 4. The molecule has 120 valence electrons. The second kappa shape index (κ2) is 8.32. The predicted octanol–water partition coefficient (Wildman–Crippen LogP) is 3.26. The smallest absolute Gasteiger partial charge is 0.251 e. The highest BCUT2D eigenvalue weighted by atomic mass is 79.9. The van der Waals surface area contributed by atoms with Gasteiger partial charge in [0.2, 0.25) is 5.91 Å². The van der Waals surface area contributed by atoms with Crippen molar-refractivity contribution >= 4 is 27.7 Å². The van der Waals surface area contributed by atoms with Gasteiger partial charge < -0.3 is 10.6 Å². The molecule has 4 nitrogen and oxygen atoms in total. The molecule has 2 saturated carbocycles. The van der Waals surface area contributed by atoms with Crippen molar-refractivity contribution in [1.29, 1.82) is 0 Å². The van der Waals surface area contributed by atoms with Gasteiger partial charge in [-0.15, -0.1) is 0 Å². The van der Waals surface area contributed by atoms with E-state index < -0.39 is 0 Å². The lowest BCUT2D eigenvalue weighted by Gasteiger charge is -2.33. The van der Waals surface area contributed by atoms with Crippen molar-refractivity contribution < 1.29 is 9.59 Å². The zero-order valence-electron chi connectivity index (χ0n) is 12.9. The Labute approximate surface area is 140 Å². The summed E-state index contributed by atoms with van der Waals surface area (Å²) in [6, 6.07) is 7.30. The first-order chi connectivity index (χ1) is 10.5. The summed E-state index contributed by atoms with van der Waals surface area (Å²) in [7, 11) is 0. The molecule has 0 bridgehead atoms. The summed E-state index contributed by atoms with van der Waals surface area (Å²) in [5.74, 6) is 0.342. The number of carbonyl (C=O) groups excluding carboxylic acids is 2. The molecule has 0 heterocycles. The van der Waals surface area contributed by atoms with Crippen molar-refractivity contribution in [1.82, 2.24) is 10.6 Å². The first-order valence-corrected chi connectivity index (χ1v) is 8.67. The van der Waals surface area contributed by atoms with Crippen molar-refractivity contribution in [3.63, 3.8) is 0 Å². The Kier molecular flexibility index (Phi) is 6.43. The molecule has 0 spiro atoms. The number of hydrogen-bond acceptors (Lipinski definition) is 2. The maximum Gasteiger partial charge on any atom is 0.251 e. The summed E-state index contributed by atoms with van der Waals surface area (Å²) in [5, 5.41) is 5.52. The van der Waals surface area contributed by atoms with E-state index in [0.717, 1.165) is 17.3 Å². The minimum atomic E-state index is -0.232. The maximum absolute atomic E-state index is 11.8. The Bertz CT molecular complexity index is 505. The molecule has 0 radical (unpaired) electrons. The molecule has 2 fully saturated rings.